The number of hydrogen-bond acceptors (Lipinski definition) is 6. The summed E-state index contributed by atoms with van der Waals surface area (Å²) in [6, 6.07) is 2.91. The summed E-state index contributed by atoms with van der Waals surface area (Å²) in [5.74, 6) is -0.200. The molecule has 0 aromatic carbocycles. The number of rotatable bonds is 4. The number of fused-ring (bicyclic) bond motifs is 4. The van der Waals surface area contributed by atoms with Gasteiger partial charge in [0.15, 0.2) is 11.5 Å². The maximum absolute atomic E-state index is 13.6. The van der Waals surface area contributed by atoms with Crippen molar-refractivity contribution in [3.63, 3.8) is 0 Å². The quantitative estimate of drug-likeness (QED) is 0.635. The van der Waals surface area contributed by atoms with Gasteiger partial charge in [-0.3, -0.25) is 9.89 Å². The number of carboxylic acid groups (broad SMARTS) is 1. The number of H-pyrrole nitrogens is 1. The van der Waals surface area contributed by atoms with Crippen LogP contribution in [0.4, 0.5) is 10.2 Å². The first-order valence-corrected chi connectivity index (χ1v) is 9.42. The molecule has 9 heteroatoms. The van der Waals surface area contributed by atoms with Gasteiger partial charge in [-0.1, -0.05) is 0 Å². The van der Waals surface area contributed by atoms with E-state index in [4.69, 9.17) is 0 Å². The van der Waals surface area contributed by atoms with Crippen molar-refractivity contribution in [2.45, 2.75) is 31.7 Å². The smallest absolute Gasteiger partial charge is 0.308 e. The lowest BCUT2D eigenvalue weighted by atomic mass is 9.61. The van der Waals surface area contributed by atoms with Crippen molar-refractivity contribution in [3.8, 4) is 11.5 Å². The molecule has 28 heavy (non-hydrogen) atoms. The van der Waals surface area contributed by atoms with Crippen molar-refractivity contribution in [3.05, 3.63) is 30.3 Å². The standard InChI is InChI=1S/C19H19FN6O2/c20-11-7-12-16(25-26-17(12)22-8-11)18-21-6-5-13(24-18)23-15-10-3-1-9(2-4-10)14(15)19(27)28/h5-10,14-15H,1-4H2,(H,27,28)(H,21,23,24)(H,22,25,26)/t9?,10?,14-,15?/m0/s1. The molecule has 0 spiro atoms. The minimum Gasteiger partial charge on any atom is -0.481 e. The molecule has 6 rings (SSSR count). The van der Waals surface area contributed by atoms with E-state index < -0.39 is 17.7 Å². The number of anilines is 1. The Bertz CT molecular complexity index is 1050. The third kappa shape index (κ3) is 2.78. The topological polar surface area (TPSA) is 117 Å². The van der Waals surface area contributed by atoms with Crippen molar-refractivity contribution >= 4 is 22.8 Å². The normalized spacial score (nSPS) is 26.5. The molecular weight excluding hydrogens is 363 g/mol. The van der Waals surface area contributed by atoms with Crippen LogP contribution in [0, 0.1) is 23.6 Å². The molecule has 2 atom stereocenters. The number of carboxylic acids is 1. The van der Waals surface area contributed by atoms with Crippen LogP contribution < -0.4 is 5.32 Å². The van der Waals surface area contributed by atoms with Gasteiger partial charge in [0.2, 0.25) is 0 Å². The highest BCUT2D eigenvalue weighted by Crippen LogP contribution is 2.46. The molecule has 8 nitrogen and oxygen atoms in total. The third-order valence-electron chi connectivity index (χ3n) is 6.07. The molecule has 2 bridgehead atoms. The zero-order valence-electron chi connectivity index (χ0n) is 15.0. The molecular formula is C19H19FN6O2. The first-order chi connectivity index (χ1) is 13.6. The second-order valence-electron chi connectivity index (χ2n) is 7.60. The first kappa shape index (κ1) is 17.0. The highest BCUT2D eigenvalue weighted by atomic mass is 19.1. The van der Waals surface area contributed by atoms with E-state index in [9.17, 15) is 14.3 Å². The second-order valence-corrected chi connectivity index (χ2v) is 7.60. The fourth-order valence-electron chi connectivity index (χ4n) is 4.78. The fraction of sp³-hybridized carbons (Fsp3) is 0.421. The number of aromatic amines is 1. The van der Waals surface area contributed by atoms with Gasteiger partial charge in [-0.2, -0.15) is 5.10 Å². The molecule has 3 aromatic heterocycles. The zero-order chi connectivity index (χ0) is 19.3. The van der Waals surface area contributed by atoms with Gasteiger partial charge >= 0.3 is 5.97 Å². The van der Waals surface area contributed by atoms with Gasteiger partial charge in [0.05, 0.1) is 17.5 Å². The molecule has 3 fully saturated rings. The lowest BCUT2D eigenvalue weighted by Crippen LogP contribution is -2.51. The average molecular weight is 382 g/mol. The van der Waals surface area contributed by atoms with Gasteiger partial charge in [0.1, 0.15) is 17.3 Å². The van der Waals surface area contributed by atoms with Crippen LogP contribution >= 0.6 is 0 Å². The van der Waals surface area contributed by atoms with Crippen LogP contribution in [0.5, 0.6) is 0 Å². The van der Waals surface area contributed by atoms with Crippen LogP contribution in [-0.2, 0) is 4.79 Å². The van der Waals surface area contributed by atoms with Gasteiger partial charge in [-0.25, -0.2) is 19.3 Å². The van der Waals surface area contributed by atoms with E-state index in [1.54, 1.807) is 12.3 Å². The van der Waals surface area contributed by atoms with Crippen LogP contribution in [0.25, 0.3) is 22.6 Å². The number of carbonyl (C=O) groups is 1. The van der Waals surface area contributed by atoms with E-state index in [-0.39, 0.29) is 12.0 Å². The third-order valence-corrected chi connectivity index (χ3v) is 6.07. The Morgan fingerprint density at radius 3 is 2.79 bits per heavy atom. The van der Waals surface area contributed by atoms with E-state index in [1.165, 1.54) is 6.07 Å². The highest BCUT2D eigenvalue weighted by Gasteiger charge is 2.47. The summed E-state index contributed by atoms with van der Waals surface area (Å²) in [7, 11) is 0. The molecule has 0 aliphatic heterocycles. The average Bonchev–Trinajstić information content (AvgIpc) is 3.12. The first-order valence-electron chi connectivity index (χ1n) is 9.42. The number of aliphatic carboxylic acids is 1. The molecule has 3 N–H and O–H groups in total. The zero-order valence-corrected chi connectivity index (χ0v) is 15.0. The van der Waals surface area contributed by atoms with E-state index in [0.717, 1.165) is 31.9 Å². The fourth-order valence-corrected chi connectivity index (χ4v) is 4.78. The summed E-state index contributed by atoms with van der Waals surface area (Å²) < 4.78 is 13.6. The van der Waals surface area contributed by atoms with E-state index >= 15 is 0 Å². The molecule has 144 valence electrons. The van der Waals surface area contributed by atoms with Crippen molar-refractivity contribution < 1.29 is 14.3 Å². The Morgan fingerprint density at radius 2 is 2.00 bits per heavy atom. The predicted molar refractivity (Wildman–Crippen MR) is 98.9 cm³/mol. The van der Waals surface area contributed by atoms with Gasteiger partial charge in [-0.15, -0.1) is 0 Å². The Balaban J connectivity index is 1.47. The summed E-state index contributed by atoms with van der Waals surface area (Å²) in [5, 5.41) is 20.5. The van der Waals surface area contributed by atoms with Crippen LogP contribution in [0.3, 0.4) is 0 Å². The predicted octanol–water partition coefficient (Wildman–Crippen LogP) is 2.86. The Kier molecular flexibility index (Phi) is 3.96. The molecule has 3 aliphatic rings. The van der Waals surface area contributed by atoms with E-state index in [1.807, 2.05) is 0 Å². The Morgan fingerprint density at radius 1 is 1.21 bits per heavy atom. The summed E-state index contributed by atoms with van der Waals surface area (Å²) in [6.45, 7) is 0. The molecule has 3 aromatic rings. The SMILES string of the molecule is O=C(O)[C@H]1C2CCC(CC2)C1Nc1ccnc(-c2n[nH]c3ncc(F)cc23)n1. The summed E-state index contributed by atoms with van der Waals surface area (Å²) in [4.78, 5) is 24.6. The number of pyridine rings is 1. The monoisotopic (exact) mass is 382 g/mol. The molecule has 1 unspecified atom stereocenters. The minimum atomic E-state index is -0.749. The number of nitrogens with zero attached hydrogens (tertiary/aromatic N) is 4. The van der Waals surface area contributed by atoms with Gasteiger partial charge < -0.3 is 10.4 Å². The van der Waals surface area contributed by atoms with Gasteiger partial charge in [-0.05, 0) is 49.7 Å². The number of hydrogen-bond donors (Lipinski definition) is 3. The van der Waals surface area contributed by atoms with Crippen LogP contribution in [0.15, 0.2) is 24.5 Å². The van der Waals surface area contributed by atoms with Crippen molar-refractivity contribution in [1.29, 1.82) is 0 Å². The van der Waals surface area contributed by atoms with Crippen molar-refractivity contribution in [1.82, 2.24) is 25.1 Å². The van der Waals surface area contributed by atoms with Crippen molar-refractivity contribution in [2.24, 2.45) is 17.8 Å². The maximum atomic E-state index is 13.6. The number of nitrogens with one attached hydrogen (secondary N) is 2. The van der Waals surface area contributed by atoms with Gasteiger partial charge in [0, 0.05) is 12.2 Å². The second kappa shape index (κ2) is 6.50. The van der Waals surface area contributed by atoms with E-state index in [2.05, 4.69) is 30.5 Å². The molecule has 0 radical (unpaired) electrons. The molecule has 3 saturated carbocycles. The summed E-state index contributed by atoms with van der Waals surface area (Å²) in [6.07, 6.45) is 6.75. The molecule has 3 heterocycles. The maximum Gasteiger partial charge on any atom is 0.308 e. The number of halogens is 1. The van der Waals surface area contributed by atoms with Crippen LogP contribution in [0.2, 0.25) is 0 Å². The summed E-state index contributed by atoms with van der Waals surface area (Å²) >= 11 is 0. The number of aromatic nitrogens is 5. The summed E-state index contributed by atoms with van der Waals surface area (Å²) in [5.41, 5.74) is 0.861. The Labute approximate surface area is 159 Å². The molecule has 3 aliphatic carbocycles. The van der Waals surface area contributed by atoms with Crippen LogP contribution in [-0.4, -0.2) is 42.3 Å². The molecule has 0 amide bonds. The minimum absolute atomic E-state index is 0.150. The van der Waals surface area contributed by atoms with Crippen molar-refractivity contribution in [2.75, 3.05) is 5.32 Å². The lowest BCUT2D eigenvalue weighted by molar-refractivity contribution is -0.148. The largest absolute Gasteiger partial charge is 0.481 e. The van der Waals surface area contributed by atoms with Gasteiger partial charge in [0.25, 0.3) is 0 Å². The van der Waals surface area contributed by atoms with E-state index in [0.29, 0.717) is 34.3 Å². The lowest BCUT2D eigenvalue weighted by Gasteiger charge is -2.47. The highest BCUT2D eigenvalue weighted by molar-refractivity contribution is 5.88. The van der Waals surface area contributed by atoms with Crippen LogP contribution in [0.1, 0.15) is 25.7 Å². The molecule has 0 saturated heterocycles. The Hall–Kier alpha value is -3.10.